The first kappa shape index (κ1) is 12.9. The Morgan fingerprint density at radius 1 is 1.47 bits per heavy atom. The van der Waals surface area contributed by atoms with Gasteiger partial charge in [-0.3, -0.25) is 4.98 Å². The summed E-state index contributed by atoms with van der Waals surface area (Å²) in [4.78, 5) is 14.5. The molecule has 0 saturated heterocycles. The Morgan fingerprint density at radius 2 is 2.32 bits per heavy atom. The van der Waals surface area contributed by atoms with E-state index in [2.05, 4.69) is 10.3 Å². The van der Waals surface area contributed by atoms with Crippen LogP contribution in [-0.2, 0) is 0 Å². The molecule has 0 saturated carbocycles. The van der Waals surface area contributed by atoms with Gasteiger partial charge >= 0.3 is 6.09 Å². The molecular formula is C13H15N3O3. The number of ether oxygens (including phenoxy) is 1. The van der Waals surface area contributed by atoms with Crippen molar-refractivity contribution in [3.05, 3.63) is 30.5 Å². The molecule has 0 unspecified atom stereocenters. The van der Waals surface area contributed by atoms with E-state index in [0.717, 1.165) is 10.9 Å². The molecule has 2 aromatic rings. The summed E-state index contributed by atoms with van der Waals surface area (Å²) >= 11 is 0. The molecule has 1 aromatic heterocycles. The van der Waals surface area contributed by atoms with Crippen molar-refractivity contribution >= 4 is 22.7 Å². The molecule has 1 amide bonds. The number of pyridine rings is 1. The van der Waals surface area contributed by atoms with Crippen molar-refractivity contribution in [2.75, 3.05) is 18.9 Å². The fraction of sp³-hybridized carbons (Fsp3) is 0.231. The zero-order chi connectivity index (χ0) is 13.7. The third-order valence-electron chi connectivity index (χ3n) is 2.59. The Hall–Kier alpha value is -2.50. The average Bonchev–Trinajstić information content (AvgIpc) is 2.38. The van der Waals surface area contributed by atoms with Crippen molar-refractivity contribution in [3.63, 3.8) is 0 Å². The van der Waals surface area contributed by atoms with Gasteiger partial charge in [0, 0.05) is 24.2 Å². The molecule has 1 aromatic carbocycles. The number of nitrogen functional groups attached to an aromatic ring is 1. The van der Waals surface area contributed by atoms with E-state index in [1.54, 1.807) is 12.3 Å². The third kappa shape index (κ3) is 3.48. The summed E-state index contributed by atoms with van der Waals surface area (Å²) in [7, 11) is 0. The first-order valence-electron chi connectivity index (χ1n) is 5.90. The molecular weight excluding hydrogens is 246 g/mol. The van der Waals surface area contributed by atoms with Crippen LogP contribution in [0, 0.1) is 0 Å². The minimum atomic E-state index is -1.03. The van der Waals surface area contributed by atoms with E-state index < -0.39 is 6.09 Å². The van der Waals surface area contributed by atoms with Gasteiger partial charge in [-0.05, 0) is 18.6 Å². The van der Waals surface area contributed by atoms with Gasteiger partial charge in [0.25, 0.3) is 0 Å². The van der Waals surface area contributed by atoms with Crippen molar-refractivity contribution in [2.24, 2.45) is 0 Å². The van der Waals surface area contributed by atoms with Crippen LogP contribution in [0.25, 0.3) is 10.9 Å². The van der Waals surface area contributed by atoms with E-state index in [4.69, 9.17) is 15.6 Å². The topological polar surface area (TPSA) is 97.5 Å². The maximum atomic E-state index is 10.3. The fourth-order valence-corrected chi connectivity index (χ4v) is 1.69. The Morgan fingerprint density at radius 3 is 3.11 bits per heavy atom. The largest absolute Gasteiger partial charge is 0.491 e. The quantitative estimate of drug-likeness (QED) is 0.563. The van der Waals surface area contributed by atoms with Crippen LogP contribution in [0.1, 0.15) is 6.42 Å². The van der Waals surface area contributed by atoms with Gasteiger partial charge < -0.3 is 20.9 Å². The normalized spacial score (nSPS) is 10.3. The molecule has 0 fully saturated rings. The van der Waals surface area contributed by atoms with Crippen LogP contribution < -0.4 is 15.8 Å². The number of hydrogen-bond acceptors (Lipinski definition) is 4. The SMILES string of the molecule is Nc1cc2cccnc2cc1OCCCNC(=O)O. The second kappa shape index (κ2) is 5.90. The second-order valence-electron chi connectivity index (χ2n) is 4.02. The van der Waals surface area contributed by atoms with Gasteiger partial charge in [0.1, 0.15) is 5.75 Å². The second-order valence-corrected chi connectivity index (χ2v) is 4.02. The molecule has 0 atom stereocenters. The molecule has 19 heavy (non-hydrogen) atoms. The lowest BCUT2D eigenvalue weighted by atomic mass is 10.2. The number of benzene rings is 1. The summed E-state index contributed by atoms with van der Waals surface area (Å²) in [5.41, 5.74) is 7.25. The number of carboxylic acid groups (broad SMARTS) is 1. The number of fused-ring (bicyclic) bond motifs is 1. The molecule has 2 rings (SSSR count). The fourth-order valence-electron chi connectivity index (χ4n) is 1.69. The first-order valence-corrected chi connectivity index (χ1v) is 5.90. The van der Waals surface area contributed by atoms with Crippen LogP contribution in [0.2, 0.25) is 0 Å². The van der Waals surface area contributed by atoms with Crippen LogP contribution in [0.3, 0.4) is 0 Å². The summed E-state index contributed by atoms with van der Waals surface area (Å²) in [5.74, 6) is 0.571. The van der Waals surface area contributed by atoms with E-state index in [-0.39, 0.29) is 0 Å². The van der Waals surface area contributed by atoms with E-state index in [0.29, 0.717) is 31.0 Å². The smallest absolute Gasteiger partial charge is 0.404 e. The highest BCUT2D eigenvalue weighted by molar-refractivity contribution is 5.84. The number of nitrogens with one attached hydrogen (secondary N) is 1. The number of aromatic nitrogens is 1. The molecule has 0 aliphatic carbocycles. The molecule has 100 valence electrons. The molecule has 0 bridgehead atoms. The number of amides is 1. The van der Waals surface area contributed by atoms with E-state index in [9.17, 15) is 4.79 Å². The van der Waals surface area contributed by atoms with Gasteiger partial charge in [-0.1, -0.05) is 6.07 Å². The molecule has 0 radical (unpaired) electrons. The number of rotatable bonds is 5. The van der Waals surface area contributed by atoms with Gasteiger partial charge in [-0.25, -0.2) is 4.79 Å². The van der Waals surface area contributed by atoms with Crippen molar-refractivity contribution in [1.82, 2.24) is 10.3 Å². The van der Waals surface area contributed by atoms with Crippen LogP contribution in [0.5, 0.6) is 5.75 Å². The maximum absolute atomic E-state index is 10.3. The lowest BCUT2D eigenvalue weighted by Gasteiger charge is -2.10. The summed E-state index contributed by atoms with van der Waals surface area (Å²) < 4.78 is 5.53. The van der Waals surface area contributed by atoms with Gasteiger partial charge in [-0.2, -0.15) is 0 Å². The predicted octanol–water partition coefficient (Wildman–Crippen LogP) is 1.85. The van der Waals surface area contributed by atoms with Crippen LogP contribution in [0.15, 0.2) is 30.5 Å². The van der Waals surface area contributed by atoms with Crippen molar-refractivity contribution in [1.29, 1.82) is 0 Å². The molecule has 4 N–H and O–H groups in total. The average molecular weight is 261 g/mol. The van der Waals surface area contributed by atoms with E-state index in [1.807, 2.05) is 18.2 Å². The standard InChI is InChI=1S/C13H15N3O3/c14-10-7-9-3-1-4-15-11(9)8-12(10)19-6-2-5-16-13(17)18/h1,3-4,7-8,16H,2,5-6,14H2,(H,17,18). The van der Waals surface area contributed by atoms with Gasteiger partial charge in [0.15, 0.2) is 0 Å². The summed E-state index contributed by atoms with van der Waals surface area (Å²) in [6, 6.07) is 7.38. The zero-order valence-corrected chi connectivity index (χ0v) is 10.3. The monoisotopic (exact) mass is 261 g/mol. The summed E-state index contributed by atoms with van der Waals surface area (Å²) in [5, 5.41) is 11.6. The van der Waals surface area contributed by atoms with Gasteiger partial charge in [0.05, 0.1) is 17.8 Å². The lowest BCUT2D eigenvalue weighted by molar-refractivity contribution is 0.193. The van der Waals surface area contributed by atoms with Crippen molar-refractivity contribution < 1.29 is 14.6 Å². The highest BCUT2D eigenvalue weighted by atomic mass is 16.5. The number of anilines is 1. The first-order chi connectivity index (χ1) is 9.16. The Labute approximate surface area is 110 Å². The highest BCUT2D eigenvalue weighted by Crippen LogP contribution is 2.26. The number of hydrogen-bond donors (Lipinski definition) is 3. The molecule has 1 heterocycles. The highest BCUT2D eigenvalue weighted by Gasteiger charge is 2.04. The Kier molecular flexibility index (Phi) is 4.02. The molecule has 0 aliphatic rings. The lowest BCUT2D eigenvalue weighted by Crippen LogP contribution is -2.23. The van der Waals surface area contributed by atoms with E-state index >= 15 is 0 Å². The minimum Gasteiger partial charge on any atom is -0.491 e. The zero-order valence-electron chi connectivity index (χ0n) is 10.3. The third-order valence-corrected chi connectivity index (χ3v) is 2.59. The minimum absolute atomic E-state index is 0.348. The maximum Gasteiger partial charge on any atom is 0.404 e. The van der Waals surface area contributed by atoms with Crippen molar-refractivity contribution in [3.8, 4) is 5.75 Å². The van der Waals surface area contributed by atoms with Crippen LogP contribution >= 0.6 is 0 Å². The summed E-state index contributed by atoms with van der Waals surface area (Å²) in [6.07, 6.45) is 1.25. The molecule has 0 aliphatic heterocycles. The Bertz CT molecular complexity index is 586. The van der Waals surface area contributed by atoms with Crippen molar-refractivity contribution in [2.45, 2.75) is 6.42 Å². The molecule has 6 heteroatoms. The number of nitrogens with zero attached hydrogens (tertiary/aromatic N) is 1. The van der Waals surface area contributed by atoms with Crippen LogP contribution in [-0.4, -0.2) is 29.3 Å². The predicted molar refractivity (Wildman–Crippen MR) is 72.3 cm³/mol. The summed E-state index contributed by atoms with van der Waals surface area (Å²) in [6.45, 7) is 0.740. The van der Waals surface area contributed by atoms with Crippen LogP contribution in [0.4, 0.5) is 10.5 Å². The number of nitrogens with two attached hydrogens (primary N) is 1. The molecule has 6 nitrogen and oxygen atoms in total. The van der Waals surface area contributed by atoms with Gasteiger partial charge in [-0.15, -0.1) is 0 Å². The Balaban J connectivity index is 1.96. The van der Waals surface area contributed by atoms with E-state index in [1.165, 1.54) is 0 Å². The molecule has 0 spiro atoms. The van der Waals surface area contributed by atoms with Gasteiger partial charge in [0.2, 0.25) is 0 Å². The number of carbonyl (C=O) groups is 1.